The third-order valence-corrected chi connectivity index (χ3v) is 4.19. The molecule has 1 aromatic carbocycles. The number of hydrogen-bond donors (Lipinski definition) is 1. The van der Waals surface area contributed by atoms with Gasteiger partial charge in [0.05, 0.1) is 18.5 Å². The Balaban J connectivity index is 2.11. The fourth-order valence-electron chi connectivity index (χ4n) is 2.52. The van der Waals surface area contributed by atoms with Crippen molar-refractivity contribution in [3.63, 3.8) is 0 Å². The Morgan fingerprint density at radius 1 is 1.30 bits per heavy atom. The van der Waals surface area contributed by atoms with E-state index in [1.54, 1.807) is 0 Å². The van der Waals surface area contributed by atoms with E-state index in [0.29, 0.717) is 6.42 Å². The van der Waals surface area contributed by atoms with E-state index in [1.807, 2.05) is 53.1 Å². The first-order valence-electron chi connectivity index (χ1n) is 7.15. The van der Waals surface area contributed by atoms with Crippen molar-refractivity contribution in [2.75, 3.05) is 7.11 Å². The molecule has 0 radical (unpaired) electrons. The summed E-state index contributed by atoms with van der Waals surface area (Å²) in [6, 6.07) is 12.9. The molecule has 6 heteroatoms. The standard InChI is InChI=1S/C17H16BrN3O2/c1-23-17(22)13(19)10-14-16(11-5-7-12(18)8-6-11)20-15-4-2-3-9-21(14)15/h2-9,13H,10,19H2,1H3. The number of nitrogens with zero attached hydrogens (tertiary/aromatic N) is 2. The number of aromatic nitrogens is 2. The highest BCUT2D eigenvalue weighted by atomic mass is 79.9. The van der Waals surface area contributed by atoms with Crippen LogP contribution in [0.1, 0.15) is 5.69 Å². The average Bonchev–Trinajstić information content (AvgIpc) is 2.93. The van der Waals surface area contributed by atoms with Gasteiger partial charge in [-0.05, 0) is 24.3 Å². The minimum absolute atomic E-state index is 0.350. The number of imidazole rings is 1. The summed E-state index contributed by atoms with van der Waals surface area (Å²) in [5.41, 5.74) is 9.46. The molecule has 0 spiro atoms. The van der Waals surface area contributed by atoms with E-state index in [2.05, 4.69) is 15.9 Å². The minimum atomic E-state index is -0.727. The van der Waals surface area contributed by atoms with Crippen LogP contribution >= 0.6 is 15.9 Å². The summed E-state index contributed by atoms with van der Waals surface area (Å²) < 4.78 is 7.69. The summed E-state index contributed by atoms with van der Waals surface area (Å²) in [4.78, 5) is 16.4. The molecule has 0 aliphatic rings. The van der Waals surface area contributed by atoms with Crippen molar-refractivity contribution in [2.45, 2.75) is 12.5 Å². The van der Waals surface area contributed by atoms with Crippen molar-refractivity contribution in [2.24, 2.45) is 5.73 Å². The molecule has 0 fully saturated rings. The molecular formula is C17H16BrN3O2. The minimum Gasteiger partial charge on any atom is -0.468 e. The van der Waals surface area contributed by atoms with E-state index in [-0.39, 0.29) is 0 Å². The van der Waals surface area contributed by atoms with Crippen molar-refractivity contribution in [3.05, 3.63) is 58.8 Å². The Bertz CT molecular complexity index is 843. The SMILES string of the molecule is COC(=O)C(N)Cc1c(-c2ccc(Br)cc2)nc2ccccn12. The first-order valence-corrected chi connectivity index (χ1v) is 7.94. The van der Waals surface area contributed by atoms with Crippen LogP contribution in [0.4, 0.5) is 0 Å². The molecule has 23 heavy (non-hydrogen) atoms. The normalized spacial score (nSPS) is 12.3. The number of carbonyl (C=O) groups is 1. The lowest BCUT2D eigenvalue weighted by atomic mass is 10.1. The second-order valence-corrected chi connectivity index (χ2v) is 6.09. The molecule has 5 nitrogen and oxygen atoms in total. The van der Waals surface area contributed by atoms with E-state index in [4.69, 9.17) is 15.5 Å². The molecule has 0 bridgehead atoms. The molecule has 0 saturated carbocycles. The van der Waals surface area contributed by atoms with Gasteiger partial charge in [-0.2, -0.15) is 0 Å². The van der Waals surface area contributed by atoms with Crippen LogP contribution in [0.3, 0.4) is 0 Å². The fraction of sp³-hybridized carbons (Fsp3) is 0.176. The number of benzene rings is 1. The number of nitrogens with two attached hydrogens (primary N) is 1. The highest BCUT2D eigenvalue weighted by molar-refractivity contribution is 9.10. The first-order chi connectivity index (χ1) is 11.1. The van der Waals surface area contributed by atoms with E-state index in [9.17, 15) is 4.79 Å². The summed E-state index contributed by atoms with van der Waals surface area (Å²) in [5, 5.41) is 0. The largest absolute Gasteiger partial charge is 0.468 e. The number of rotatable bonds is 4. The van der Waals surface area contributed by atoms with Crippen LogP contribution in [0, 0.1) is 0 Å². The number of methoxy groups -OCH3 is 1. The maximum atomic E-state index is 11.7. The number of pyridine rings is 1. The molecule has 3 rings (SSSR count). The quantitative estimate of drug-likeness (QED) is 0.713. The number of fused-ring (bicyclic) bond motifs is 1. The summed E-state index contributed by atoms with van der Waals surface area (Å²) in [5.74, 6) is -0.433. The van der Waals surface area contributed by atoms with E-state index < -0.39 is 12.0 Å². The lowest BCUT2D eigenvalue weighted by molar-refractivity contribution is -0.142. The summed E-state index contributed by atoms with van der Waals surface area (Å²) in [7, 11) is 1.34. The Kier molecular flexibility index (Phi) is 4.45. The van der Waals surface area contributed by atoms with Crippen LogP contribution < -0.4 is 5.73 Å². The Labute approximate surface area is 142 Å². The second kappa shape index (κ2) is 6.52. The van der Waals surface area contributed by atoms with Crippen LogP contribution in [-0.2, 0) is 16.0 Å². The molecule has 2 aromatic heterocycles. The van der Waals surface area contributed by atoms with Crippen LogP contribution in [-0.4, -0.2) is 28.5 Å². The summed E-state index contributed by atoms with van der Waals surface area (Å²) in [6.45, 7) is 0. The van der Waals surface area contributed by atoms with Gasteiger partial charge in [0.1, 0.15) is 11.7 Å². The Hall–Kier alpha value is -2.18. The van der Waals surface area contributed by atoms with Crippen LogP contribution in [0.5, 0.6) is 0 Å². The maximum Gasteiger partial charge on any atom is 0.323 e. The lowest BCUT2D eigenvalue weighted by Gasteiger charge is -2.11. The van der Waals surface area contributed by atoms with Crippen LogP contribution in [0.2, 0.25) is 0 Å². The topological polar surface area (TPSA) is 69.6 Å². The zero-order valence-electron chi connectivity index (χ0n) is 12.6. The van der Waals surface area contributed by atoms with Crippen molar-refractivity contribution in [1.82, 2.24) is 9.38 Å². The number of carbonyl (C=O) groups excluding carboxylic acids is 1. The van der Waals surface area contributed by atoms with Gasteiger partial charge < -0.3 is 14.9 Å². The molecule has 0 aliphatic carbocycles. The Morgan fingerprint density at radius 2 is 2.04 bits per heavy atom. The van der Waals surface area contributed by atoms with Gasteiger partial charge in [0.25, 0.3) is 0 Å². The smallest absolute Gasteiger partial charge is 0.323 e. The monoisotopic (exact) mass is 373 g/mol. The molecule has 1 atom stereocenters. The van der Waals surface area contributed by atoms with Crippen LogP contribution in [0.15, 0.2) is 53.1 Å². The van der Waals surface area contributed by atoms with Crippen LogP contribution in [0.25, 0.3) is 16.9 Å². The maximum absolute atomic E-state index is 11.7. The molecule has 2 N–H and O–H groups in total. The number of hydrogen-bond acceptors (Lipinski definition) is 4. The van der Waals surface area contributed by atoms with Crippen molar-refractivity contribution in [3.8, 4) is 11.3 Å². The fourth-order valence-corrected chi connectivity index (χ4v) is 2.79. The molecule has 1 unspecified atom stereocenters. The van der Waals surface area contributed by atoms with Gasteiger partial charge in [-0.3, -0.25) is 4.79 Å². The third kappa shape index (κ3) is 3.13. The van der Waals surface area contributed by atoms with Gasteiger partial charge in [0.15, 0.2) is 0 Å². The number of ether oxygens (including phenoxy) is 1. The molecule has 0 amide bonds. The van der Waals surface area contributed by atoms with Crippen molar-refractivity contribution >= 4 is 27.5 Å². The van der Waals surface area contributed by atoms with Gasteiger partial charge in [0.2, 0.25) is 0 Å². The highest BCUT2D eigenvalue weighted by Gasteiger charge is 2.21. The predicted molar refractivity (Wildman–Crippen MR) is 92.0 cm³/mol. The molecule has 0 aliphatic heterocycles. The van der Waals surface area contributed by atoms with E-state index in [0.717, 1.165) is 27.1 Å². The van der Waals surface area contributed by atoms with Gasteiger partial charge in [-0.1, -0.05) is 34.1 Å². The molecule has 3 aromatic rings. The van der Waals surface area contributed by atoms with Gasteiger partial charge in [0, 0.05) is 22.7 Å². The molecule has 0 saturated heterocycles. The average molecular weight is 374 g/mol. The van der Waals surface area contributed by atoms with Gasteiger partial charge >= 0.3 is 5.97 Å². The second-order valence-electron chi connectivity index (χ2n) is 5.18. The van der Waals surface area contributed by atoms with Crippen molar-refractivity contribution in [1.29, 1.82) is 0 Å². The highest BCUT2D eigenvalue weighted by Crippen LogP contribution is 2.26. The molecule has 2 heterocycles. The van der Waals surface area contributed by atoms with E-state index >= 15 is 0 Å². The zero-order valence-corrected chi connectivity index (χ0v) is 14.2. The molecule has 118 valence electrons. The number of halogens is 1. The third-order valence-electron chi connectivity index (χ3n) is 3.66. The number of esters is 1. The first kappa shape index (κ1) is 15.7. The van der Waals surface area contributed by atoms with E-state index in [1.165, 1.54) is 7.11 Å². The zero-order chi connectivity index (χ0) is 16.4. The summed E-state index contributed by atoms with van der Waals surface area (Å²) >= 11 is 3.43. The van der Waals surface area contributed by atoms with Crippen molar-refractivity contribution < 1.29 is 9.53 Å². The predicted octanol–water partition coefficient (Wildman–Crippen LogP) is 2.81. The lowest BCUT2D eigenvalue weighted by Crippen LogP contribution is -2.34. The Morgan fingerprint density at radius 3 is 2.74 bits per heavy atom. The summed E-state index contributed by atoms with van der Waals surface area (Å²) in [6.07, 6.45) is 2.27. The van der Waals surface area contributed by atoms with Gasteiger partial charge in [-0.15, -0.1) is 0 Å². The molecular weight excluding hydrogens is 358 g/mol. The van der Waals surface area contributed by atoms with Gasteiger partial charge in [-0.25, -0.2) is 4.98 Å².